The van der Waals surface area contributed by atoms with Crippen LogP contribution in [0.3, 0.4) is 0 Å². The van der Waals surface area contributed by atoms with Gasteiger partial charge in [-0.3, -0.25) is 14.4 Å². The number of fused-ring (bicyclic) bond motifs is 1. The molecule has 0 saturated carbocycles. The summed E-state index contributed by atoms with van der Waals surface area (Å²) in [5.74, 6) is -1.19. The fraction of sp³-hybridized carbons (Fsp3) is 0.318. The summed E-state index contributed by atoms with van der Waals surface area (Å²) in [6.07, 6.45) is 0.867. The van der Waals surface area contributed by atoms with Crippen molar-refractivity contribution in [1.29, 1.82) is 0 Å². The minimum Gasteiger partial charge on any atom is -0.456 e. The Balaban J connectivity index is 1.45. The molecule has 1 aliphatic rings. The van der Waals surface area contributed by atoms with Gasteiger partial charge < -0.3 is 15.4 Å². The molecule has 2 aromatic carbocycles. The summed E-state index contributed by atoms with van der Waals surface area (Å²) < 4.78 is 5.07. The van der Waals surface area contributed by atoms with Gasteiger partial charge in [0.1, 0.15) is 0 Å². The number of benzene rings is 2. The third kappa shape index (κ3) is 5.60. The van der Waals surface area contributed by atoms with Crippen molar-refractivity contribution in [2.24, 2.45) is 0 Å². The molecular weight excluding hydrogens is 388 g/mol. The van der Waals surface area contributed by atoms with E-state index in [9.17, 15) is 14.4 Å². The third-order valence-electron chi connectivity index (χ3n) is 4.69. The van der Waals surface area contributed by atoms with Gasteiger partial charge in [-0.2, -0.15) is 0 Å². The number of amides is 2. The highest BCUT2D eigenvalue weighted by Gasteiger charge is 2.29. The molecule has 2 aromatic rings. The Morgan fingerprint density at radius 2 is 1.90 bits per heavy atom. The first-order chi connectivity index (χ1) is 14.0. The van der Waals surface area contributed by atoms with E-state index >= 15 is 0 Å². The van der Waals surface area contributed by atoms with Crippen LogP contribution in [0.2, 0.25) is 0 Å². The van der Waals surface area contributed by atoms with E-state index in [2.05, 4.69) is 17.6 Å². The van der Waals surface area contributed by atoms with Gasteiger partial charge in [0, 0.05) is 4.90 Å². The van der Waals surface area contributed by atoms with Crippen LogP contribution in [0.5, 0.6) is 0 Å². The Labute approximate surface area is 174 Å². The average Bonchev–Trinajstić information content (AvgIpc) is 2.73. The van der Waals surface area contributed by atoms with Gasteiger partial charge in [0.25, 0.3) is 5.91 Å². The van der Waals surface area contributed by atoms with Gasteiger partial charge in [-0.15, -0.1) is 11.8 Å². The second kappa shape index (κ2) is 9.60. The number of para-hydroxylation sites is 1. The highest BCUT2D eigenvalue weighted by atomic mass is 32.2. The van der Waals surface area contributed by atoms with Crippen LogP contribution in [-0.2, 0) is 25.5 Å². The van der Waals surface area contributed by atoms with Crippen LogP contribution in [0.25, 0.3) is 0 Å². The summed E-state index contributed by atoms with van der Waals surface area (Å²) in [7, 11) is 0. The second-order valence-corrected chi connectivity index (χ2v) is 8.09. The molecule has 2 amide bonds. The molecule has 0 spiro atoms. The summed E-state index contributed by atoms with van der Waals surface area (Å²) >= 11 is 1.33. The number of carbonyl (C=O) groups is 3. The van der Waals surface area contributed by atoms with Gasteiger partial charge in [-0.1, -0.05) is 43.3 Å². The largest absolute Gasteiger partial charge is 0.456 e. The van der Waals surface area contributed by atoms with Crippen molar-refractivity contribution < 1.29 is 19.1 Å². The molecular formula is C22H24N2O4S. The minimum absolute atomic E-state index is 0.0911. The molecule has 2 N–H and O–H groups in total. The lowest BCUT2D eigenvalue weighted by molar-refractivity contribution is -0.149. The molecule has 0 aromatic heterocycles. The molecule has 1 aliphatic heterocycles. The maximum Gasteiger partial charge on any atom is 0.307 e. The first kappa shape index (κ1) is 20.9. The number of aryl methyl sites for hydroxylation is 1. The third-order valence-corrected chi connectivity index (χ3v) is 5.96. The van der Waals surface area contributed by atoms with Crippen LogP contribution in [0, 0.1) is 0 Å². The maximum atomic E-state index is 12.2. The summed E-state index contributed by atoms with van der Waals surface area (Å²) in [4.78, 5) is 37.3. The van der Waals surface area contributed by atoms with Crippen molar-refractivity contribution in [2.75, 3.05) is 11.9 Å². The van der Waals surface area contributed by atoms with Crippen LogP contribution in [-0.4, -0.2) is 29.6 Å². The summed E-state index contributed by atoms with van der Waals surface area (Å²) in [6.45, 7) is 3.59. The lowest BCUT2D eigenvalue weighted by Crippen LogP contribution is -2.34. The molecule has 1 heterocycles. The molecule has 0 saturated heterocycles. The van der Waals surface area contributed by atoms with E-state index in [0.29, 0.717) is 0 Å². The smallest absolute Gasteiger partial charge is 0.307 e. The minimum atomic E-state index is -0.577. The molecule has 0 aliphatic carbocycles. The zero-order valence-corrected chi connectivity index (χ0v) is 17.3. The SMILES string of the molecule is CCc1ccc([C@@H](C)NC(=O)COC(=O)C[C@H]2Sc3ccccc3NC2=O)cc1. The molecule has 0 radical (unpaired) electrons. The predicted molar refractivity (Wildman–Crippen MR) is 113 cm³/mol. The number of anilines is 1. The Morgan fingerprint density at radius 3 is 2.62 bits per heavy atom. The van der Waals surface area contributed by atoms with Crippen LogP contribution >= 0.6 is 11.8 Å². The number of rotatable bonds is 7. The van der Waals surface area contributed by atoms with Gasteiger partial charge in [-0.05, 0) is 36.6 Å². The molecule has 0 bridgehead atoms. The maximum absolute atomic E-state index is 12.2. The first-order valence-electron chi connectivity index (χ1n) is 9.56. The summed E-state index contributed by atoms with van der Waals surface area (Å²) in [5.41, 5.74) is 2.96. The van der Waals surface area contributed by atoms with Crippen LogP contribution in [0.15, 0.2) is 53.4 Å². The quantitative estimate of drug-likeness (QED) is 0.680. The fourth-order valence-electron chi connectivity index (χ4n) is 2.99. The van der Waals surface area contributed by atoms with Crippen molar-refractivity contribution in [2.45, 2.75) is 42.9 Å². The monoisotopic (exact) mass is 412 g/mol. The molecule has 3 rings (SSSR count). The van der Waals surface area contributed by atoms with E-state index in [1.807, 2.05) is 55.5 Å². The van der Waals surface area contributed by atoms with Crippen molar-refractivity contribution >= 4 is 35.2 Å². The number of hydrogen-bond acceptors (Lipinski definition) is 5. The number of thioether (sulfide) groups is 1. The standard InChI is InChI=1S/C22H24N2O4S/c1-3-15-8-10-16(11-9-15)14(2)23-20(25)13-28-21(26)12-19-22(27)24-17-6-4-5-7-18(17)29-19/h4-11,14,19H,3,12-13H2,1-2H3,(H,23,25)(H,24,27)/t14-,19-/m1/s1. The van der Waals surface area contributed by atoms with Gasteiger partial charge in [0.05, 0.1) is 23.4 Å². The number of nitrogens with one attached hydrogen (secondary N) is 2. The van der Waals surface area contributed by atoms with E-state index in [-0.39, 0.29) is 30.9 Å². The Hall–Kier alpha value is -2.80. The van der Waals surface area contributed by atoms with Crippen LogP contribution in [0.1, 0.15) is 37.4 Å². The normalized spacial score (nSPS) is 16.3. The Kier molecular flexibility index (Phi) is 6.93. The second-order valence-electron chi connectivity index (χ2n) is 6.84. The summed E-state index contributed by atoms with van der Waals surface area (Å²) in [6, 6.07) is 15.2. The fourth-order valence-corrected chi connectivity index (χ4v) is 4.09. The van der Waals surface area contributed by atoms with Gasteiger partial charge in [-0.25, -0.2) is 0 Å². The molecule has 2 atom stereocenters. The zero-order valence-electron chi connectivity index (χ0n) is 16.4. The highest BCUT2D eigenvalue weighted by molar-refractivity contribution is 8.01. The first-order valence-corrected chi connectivity index (χ1v) is 10.4. The van der Waals surface area contributed by atoms with E-state index in [1.54, 1.807) is 0 Å². The van der Waals surface area contributed by atoms with Crippen LogP contribution in [0.4, 0.5) is 5.69 Å². The van der Waals surface area contributed by atoms with Crippen molar-refractivity contribution in [3.63, 3.8) is 0 Å². The number of esters is 1. The lowest BCUT2D eigenvalue weighted by atomic mass is 10.1. The molecule has 29 heavy (non-hydrogen) atoms. The van der Waals surface area contributed by atoms with Crippen molar-refractivity contribution in [3.8, 4) is 0 Å². The molecule has 0 unspecified atom stereocenters. The van der Waals surface area contributed by atoms with Crippen molar-refractivity contribution in [1.82, 2.24) is 5.32 Å². The average molecular weight is 413 g/mol. The van der Waals surface area contributed by atoms with Crippen molar-refractivity contribution in [3.05, 3.63) is 59.7 Å². The van der Waals surface area contributed by atoms with E-state index in [0.717, 1.165) is 22.6 Å². The Morgan fingerprint density at radius 1 is 1.17 bits per heavy atom. The number of hydrogen-bond donors (Lipinski definition) is 2. The predicted octanol–water partition coefficient (Wildman–Crippen LogP) is 3.47. The van der Waals surface area contributed by atoms with E-state index in [4.69, 9.17) is 4.74 Å². The van der Waals surface area contributed by atoms with Gasteiger partial charge >= 0.3 is 5.97 Å². The molecule has 152 valence electrons. The molecule has 0 fully saturated rings. The summed E-state index contributed by atoms with van der Waals surface area (Å²) in [5, 5.41) is 5.03. The topological polar surface area (TPSA) is 84.5 Å². The molecule has 7 heteroatoms. The number of carbonyl (C=O) groups excluding carboxylic acids is 3. The lowest BCUT2D eigenvalue weighted by Gasteiger charge is -2.23. The molecule has 6 nitrogen and oxygen atoms in total. The van der Waals surface area contributed by atoms with Gasteiger partial charge in [0.15, 0.2) is 6.61 Å². The Bertz CT molecular complexity index is 898. The zero-order chi connectivity index (χ0) is 20.8. The van der Waals surface area contributed by atoms with Gasteiger partial charge in [0.2, 0.25) is 5.91 Å². The van der Waals surface area contributed by atoms with Crippen LogP contribution < -0.4 is 10.6 Å². The highest BCUT2D eigenvalue weighted by Crippen LogP contribution is 2.36. The van der Waals surface area contributed by atoms with E-state index in [1.165, 1.54) is 17.3 Å². The number of ether oxygens (including phenoxy) is 1. The van der Waals surface area contributed by atoms with E-state index < -0.39 is 11.2 Å².